The lowest BCUT2D eigenvalue weighted by atomic mass is 10.1. The Bertz CT molecular complexity index is 821. The van der Waals surface area contributed by atoms with Crippen LogP contribution in [-0.4, -0.2) is 54.5 Å². The van der Waals surface area contributed by atoms with Gasteiger partial charge in [-0.1, -0.05) is 30.7 Å². The van der Waals surface area contributed by atoms with Crippen molar-refractivity contribution in [2.75, 3.05) is 32.7 Å². The molecule has 1 aliphatic rings. The smallest absolute Gasteiger partial charge is 0.222 e. The maximum Gasteiger partial charge on any atom is 0.222 e. The fourth-order valence-electron chi connectivity index (χ4n) is 3.75. The number of rotatable bonds is 8. The number of benzene rings is 1. The van der Waals surface area contributed by atoms with E-state index in [1.165, 1.54) is 17.4 Å². The van der Waals surface area contributed by atoms with Gasteiger partial charge in [0.25, 0.3) is 0 Å². The maximum atomic E-state index is 12.1. The minimum atomic E-state index is 0. The lowest BCUT2D eigenvalue weighted by molar-refractivity contribution is -0.130. The topological polar surface area (TPSA) is 69.6 Å². The van der Waals surface area contributed by atoms with E-state index >= 15 is 0 Å². The first kappa shape index (κ1) is 24.4. The Morgan fingerprint density at radius 1 is 1.17 bits per heavy atom. The van der Waals surface area contributed by atoms with Gasteiger partial charge in [0, 0.05) is 50.7 Å². The van der Waals surface area contributed by atoms with E-state index in [1.54, 1.807) is 0 Å². The van der Waals surface area contributed by atoms with Crippen molar-refractivity contribution in [3.8, 4) is 0 Å². The normalized spacial score (nSPS) is 14.9. The first-order valence-corrected chi connectivity index (χ1v) is 10.9. The number of aromatic nitrogens is 1. The summed E-state index contributed by atoms with van der Waals surface area (Å²) in [5.41, 5.74) is 2.31. The molecule has 0 spiro atoms. The molecule has 2 heterocycles. The van der Waals surface area contributed by atoms with Crippen LogP contribution in [0.5, 0.6) is 0 Å². The average Bonchev–Trinajstić information content (AvgIpc) is 2.95. The van der Waals surface area contributed by atoms with Crippen molar-refractivity contribution in [1.82, 2.24) is 20.5 Å². The van der Waals surface area contributed by atoms with Crippen LogP contribution in [0.2, 0.25) is 0 Å². The third-order valence-electron chi connectivity index (χ3n) is 5.27. The molecular weight excluding hydrogens is 489 g/mol. The Morgan fingerprint density at radius 2 is 2.03 bits per heavy atom. The van der Waals surface area contributed by atoms with Crippen molar-refractivity contribution in [3.63, 3.8) is 0 Å². The van der Waals surface area contributed by atoms with Crippen LogP contribution in [0.15, 0.2) is 41.5 Å². The van der Waals surface area contributed by atoms with Gasteiger partial charge < -0.3 is 15.5 Å². The van der Waals surface area contributed by atoms with Crippen LogP contribution >= 0.6 is 24.0 Å². The van der Waals surface area contributed by atoms with Gasteiger partial charge >= 0.3 is 0 Å². The fraction of sp³-hybridized carbons (Fsp3) is 0.522. The van der Waals surface area contributed by atoms with E-state index in [-0.39, 0.29) is 24.0 Å². The average molecular weight is 523 g/mol. The molecule has 0 radical (unpaired) electrons. The zero-order chi connectivity index (χ0) is 20.3. The van der Waals surface area contributed by atoms with Gasteiger partial charge in [-0.3, -0.25) is 14.8 Å². The third-order valence-corrected chi connectivity index (χ3v) is 5.27. The van der Waals surface area contributed by atoms with Crippen LogP contribution in [-0.2, 0) is 11.2 Å². The van der Waals surface area contributed by atoms with Crippen molar-refractivity contribution in [2.45, 2.75) is 45.4 Å². The lowest BCUT2D eigenvalue weighted by Gasteiger charge is -2.20. The molecule has 1 fully saturated rings. The molecular formula is C23H34IN5O. The van der Waals surface area contributed by atoms with Crippen molar-refractivity contribution in [3.05, 3.63) is 42.1 Å². The summed E-state index contributed by atoms with van der Waals surface area (Å²) in [6.45, 7) is 6.12. The van der Waals surface area contributed by atoms with Crippen LogP contribution in [0, 0.1) is 0 Å². The Labute approximate surface area is 196 Å². The van der Waals surface area contributed by atoms with Gasteiger partial charge in [-0.2, -0.15) is 0 Å². The van der Waals surface area contributed by atoms with Gasteiger partial charge in [0.15, 0.2) is 5.96 Å². The molecule has 0 bridgehead atoms. The number of carbonyl (C=O) groups is 1. The molecule has 0 atom stereocenters. The molecule has 1 amide bonds. The number of aliphatic imine (C=N–C) groups is 1. The highest BCUT2D eigenvalue weighted by Crippen LogP contribution is 2.16. The van der Waals surface area contributed by atoms with Crippen molar-refractivity contribution >= 4 is 46.7 Å². The van der Waals surface area contributed by atoms with Gasteiger partial charge in [0.05, 0.1) is 5.52 Å². The second-order valence-corrected chi connectivity index (χ2v) is 7.47. The molecule has 1 aliphatic heterocycles. The zero-order valence-electron chi connectivity index (χ0n) is 17.9. The summed E-state index contributed by atoms with van der Waals surface area (Å²) >= 11 is 0. The van der Waals surface area contributed by atoms with Crippen LogP contribution in [0.1, 0.15) is 44.6 Å². The highest BCUT2D eigenvalue weighted by molar-refractivity contribution is 14.0. The Kier molecular flexibility index (Phi) is 10.9. The number of fused-ring (bicyclic) bond motifs is 1. The molecule has 0 aliphatic carbocycles. The number of likely N-dealkylation sites (tertiary alicyclic amines) is 1. The second kappa shape index (κ2) is 13.4. The lowest BCUT2D eigenvalue weighted by Crippen LogP contribution is -2.38. The molecule has 2 N–H and O–H groups in total. The van der Waals surface area contributed by atoms with Crippen molar-refractivity contribution < 1.29 is 4.79 Å². The summed E-state index contributed by atoms with van der Waals surface area (Å²) in [5.74, 6) is 1.14. The molecule has 30 heavy (non-hydrogen) atoms. The minimum Gasteiger partial charge on any atom is -0.357 e. The molecule has 1 aromatic carbocycles. The van der Waals surface area contributed by atoms with Crippen molar-refractivity contribution in [1.29, 1.82) is 0 Å². The van der Waals surface area contributed by atoms with Crippen LogP contribution in [0.4, 0.5) is 0 Å². The summed E-state index contributed by atoms with van der Waals surface area (Å²) in [4.78, 5) is 23.3. The predicted molar refractivity (Wildman–Crippen MR) is 135 cm³/mol. The molecule has 1 aromatic heterocycles. The van der Waals surface area contributed by atoms with Gasteiger partial charge in [0.2, 0.25) is 5.91 Å². The summed E-state index contributed by atoms with van der Waals surface area (Å²) in [7, 11) is 0. The number of para-hydroxylation sites is 1. The van der Waals surface area contributed by atoms with E-state index in [9.17, 15) is 4.79 Å². The predicted octanol–water partition coefficient (Wildman–Crippen LogP) is 3.74. The maximum absolute atomic E-state index is 12.1. The Morgan fingerprint density at radius 3 is 2.90 bits per heavy atom. The number of guanidine groups is 1. The summed E-state index contributed by atoms with van der Waals surface area (Å²) < 4.78 is 0. The quantitative estimate of drug-likeness (QED) is 0.240. The standard InChI is InChI=1S/C23H33N5O.HI/c1-2-24-23(26-15-8-18-28-17-5-3-4-12-21(28)29)27-16-13-20-10-6-9-19-11-7-14-25-22(19)20;/h6-7,9-11,14H,2-5,8,12-13,15-18H2,1H3,(H2,24,26,27);1H. The van der Waals surface area contributed by atoms with Crippen molar-refractivity contribution in [2.24, 2.45) is 4.99 Å². The van der Waals surface area contributed by atoms with Gasteiger partial charge in [-0.05, 0) is 44.2 Å². The summed E-state index contributed by atoms with van der Waals surface area (Å²) in [5, 5.41) is 7.90. The number of carbonyl (C=O) groups excluding carboxylic acids is 1. The SMILES string of the molecule is CCNC(=NCCCN1CCCCCC1=O)NCCc1cccc2cccnc12.I. The number of nitrogens with zero attached hydrogens (tertiary/aromatic N) is 3. The number of amides is 1. The molecule has 6 nitrogen and oxygen atoms in total. The number of hydrogen-bond acceptors (Lipinski definition) is 3. The number of hydrogen-bond donors (Lipinski definition) is 2. The van der Waals surface area contributed by atoms with E-state index < -0.39 is 0 Å². The monoisotopic (exact) mass is 523 g/mol. The first-order valence-electron chi connectivity index (χ1n) is 10.9. The largest absolute Gasteiger partial charge is 0.357 e. The highest BCUT2D eigenvalue weighted by Gasteiger charge is 2.15. The fourth-order valence-corrected chi connectivity index (χ4v) is 3.75. The van der Waals surface area contributed by atoms with E-state index in [0.29, 0.717) is 12.3 Å². The Hall–Kier alpha value is -1.90. The van der Waals surface area contributed by atoms with Gasteiger partial charge in [0.1, 0.15) is 0 Å². The summed E-state index contributed by atoms with van der Waals surface area (Å²) in [6, 6.07) is 10.4. The molecule has 2 aromatic rings. The van der Waals surface area contributed by atoms with E-state index in [2.05, 4.69) is 51.8 Å². The number of halogens is 1. The van der Waals surface area contributed by atoms with E-state index in [4.69, 9.17) is 0 Å². The number of nitrogens with one attached hydrogen (secondary N) is 2. The molecule has 164 valence electrons. The number of pyridine rings is 1. The van der Waals surface area contributed by atoms with Gasteiger partial charge in [-0.25, -0.2) is 0 Å². The molecule has 1 saturated heterocycles. The second-order valence-electron chi connectivity index (χ2n) is 7.47. The molecule has 0 saturated carbocycles. The van der Waals surface area contributed by atoms with Gasteiger partial charge in [-0.15, -0.1) is 24.0 Å². The minimum absolute atomic E-state index is 0. The first-order chi connectivity index (χ1) is 14.3. The Balaban J connectivity index is 0.00000320. The third kappa shape index (κ3) is 7.41. The summed E-state index contributed by atoms with van der Waals surface area (Å²) in [6.07, 6.45) is 7.67. The van der Waals surface area contributed by atoms with Crippen LogP contribution in [0.25, 0.3) is 10.9 Å². The van der Waals surface area contributed by atoms with E-state index in [0.717, 1.165) is 69.9 Å². The molecule has 0 unspecified atom stereocenters. The zero-order valence-corrected chi connectivity index (χ0v) is 20.2. The van der Waals surface area contributed by atoms with Crippen LogP contribution < -0.4 is 10.6 Å². The van der Waals surface area contributed by atoms with E-state index in [1.807, 2.05) is 17.2 Å². The molecule has 7 heteroatoms. The highest BCUT2D eigenvalue weighted by atomic mass is 127. The molecule has 3 rings (SSSR count). The van der Waals surface area contributed by atoms with Crippen LogP contribution in [0.3, 0.4) is 0 Å².